The molecule has 1 aliphatic rings. The normalized spacial score (nSPS) is 22.4. The maximum atomic E-state index is 12.0. The van der Waals surface area contributed by atoms with Crippen molar-refractivity contribution in [1.29, 1.82) is 0 Å². The number of nitrogens with zero attached hydrogens (tertiary/aromatic N) is 1. The van der Waals surface area contributed by atoms with Gasteiger partial charge in [-0.2, -0.15) is 0 Å². The Labute approximate surface area is 113 Å². The number of hydrogen-bond acceptors (Lipinski definition) is 4. The number of hydrogen-bond donors (Lipinski definition) is 2. The van der Waals surface area contributed by atoms with Gasteiger partial charge in [0, 0.05) is 24.2 Å². The molecule has 0 spiro atoms. The molecule has 1 fully saturated rings. The van der Waals surface area contributed by atoms with Gasteiger partial charge >= 0.3 is 0 Å². The molecule has 19 heavy (non-hydrogen) atoms. The highest BCUT2D eigenvalue weighted by atomic mass is 16.5. The van der Waals surface area contributed by atoms with Crippen molar-refractivity contribution in [3.05, 3.63) is 24.0 Å². The molecule has 0 saturated carbocycles. The van der Waals surface area contributed by atoms with Crippen LogP contribution in [0.1, 0.15) is 31.9 Å². The Bertz CT molecular complexity index is 436. The van der Waals surface area contributed by atoms with E-state index in [0.717, 1.165) is 24.2 Å². The van der Waals surface area contributed by atoms with Crippen LogP contribution in [0.4, 0.5) is 5.69 Å². The van der Waals surface area contributed by atoms with Gasteiger partial charge in [0.05, 0.1) is 6.10 Å². The Morgan fingerprint density at radius 1 is 1.58 bits per heavy atom. The number of aliphatic hydroxyl groups excluding tert-OH is 1. The van der Waals surface area contributed by atoms with E-state index in [1.807, 2.05) is 13.0 Å². The summed E-state index contributed by atoms with van der Waals surface area (Å²) in [5.41, 5.74) is 1.60. The first-order chi connectivity index (χ1) is 9.19. The molecule has 2 heterocycles. The number of pyridine rings is 1. The van der Waals surface area contributed by atoms with Gasteiger partial charge in [0.15, 0.2) is 0 Å². The third kappa shape index (κ3) is 4.01. The zero-order valence-electron chi connectivity index (χ0n) is 11.1. The second kappa shape index (κ2) is 6.63. The first-order valence-electron chi connectivity index (χ1n) is 6.71. The Balaban J connectivity index is 1.93. The zero-order chi connectivity index (χ0) is 13.7. The van der Waals surface area contributed by atoms with Crippen LogP contribution in [0.3, 0.4) is 0 Å². The van der Waals surface area contributed by atoms with Crippen molar-refractivity contribution in [2.45, 2.75) is 44.8 Å². The summed E-state index contributed by atoms with van der Waals surface area (Å²) in [6.07, 6.45) is 4.56. The van der Waals surface area contributed by atoms with Gasteiger partial charge in [-0.15, -0.1) is 0 Å². The molecule has 2 rings (SSSR count). The number of carbonyl (C=O) groups is 1. The van der Waals surface area contributed by atoms with E-state index in [1.54, 1.807) is 12.3 Å². The molecule has 1 aliphatic heterocycles. The van der Waals surface area contributed by atoms with Crippen molar-refractivity contribution in [2.24, 2.45) is 0 Å². The van der Waals surface area contributed by atoms with Crippen LogP contribution in [0.15, 0.2) is 18.3 Å². The topological polar surface area (TPSA) is 71.5 Å². The molecule has 0 bridgehead atoms. The van der Waals surface area contributed by atoms with Crippen LogP contribution in [0.5, 0.6) is 0 Å². The molecule has 104 valence electrons. The van der Waals surface area contributed by atoms with Crippen molar-refractivity contribution in [2.75, 3.05) is 11.9 Å². The van der Waals surface area contributed by atoms with E-state index >= 15 is 0 Å². The molecule has 2 unspecified atom stereocenters. The van der Waals surface area contributed by atoms with Crippen LogP contribution < -0.4 is 5.32 Å². The molecule has 1 aromatic heterocycles. The van der Waals surface area contributed by atoms with Crippen LogP contribution >= 0.6 is 0 Å². The molecule has 1 amide bonds. The van der Waals surface area contributed by atoms with Crippen LogP contribution in [0.2, 0.25) is 0 Å². The standard InChI is InChI=1S/C14H20N2O3/c1-10-4-5-13(19-10)14(18)16-12-6-7-15-11(9-12)3-2-8-17/h6-7,9-10,13,17H,2-5,8H2,1H3,(H,15,16,18). The van der Waals surface area contributed by atoms with Crippen LogP contribution in [-0.2, 0) is 16.0 Å². The average Bonchev–Trinajstić information content (AvgIpc) is 2.83. The SMILES string of the molecule is CC1CCC(C(=O)Nc2ccnc(CCCO)c2)O1. The van der Waals surface area contributed by atoms with Gasteiger partial charge < -0.3 is 15.2 Å². The lowest BCUT2D eigenvalue weighted by Gasteiger charge is -2.12. The van der Waals surface area contributed by atoms with E-state index in [9.17, 15) is 4.79 Å². The van der Waals surface area contributed by atoms with Gasteiger partial charge in [0.1, 0.15) is 6.10 Å². The fourth-order valence-electron chi connectivity index (χ4n) is 2.17. The van der Waals surface area contributed by atoms with Crippen molar-refractivity contribution in [3.63, 3.8) is 0 Å². The molecule has 5 heteroatoms. The number of aryl methyl sites for hydroxylation is 1. The number of aliphatic hydroxyl groups is 1. The third-order valence-corrected chi connectivity index (χ3v) is 3.20. The van der Waals surface area contributed by atoms with Gasteiger partial charge in [-0.3, -0.25) is 9.78 Å². The monoisotopic (exact) mass is 264 g/mol. The number of ether oxygens (including phenoxy) is 1. The fourth-order valence-corrected chi connectivity index (χ4v) is 2.17. The Kier molecular flexibility index (Phi) is 4.87. The number of anilines is 1. The fraction of sp³-hybridized carbons (Fsp3) is 0.571. The minimum Gasteiger partial charge on any atom is -0.396 e. The number of carbonyl (C=O) groups excluding carboxylic acids is 1. The molecule has 0 aromatic carbocycles. The second-order valence-electron chi connectivity index (χ2n) is 4.86. The smallest absolute Gasteiger partial charge is 0.253 e. The van der Waals surface area contributed by atoms with Crippen LogP contribution in [0, 0.1) is 0 Å². The Morgan fingerprint density at radius 2 is 2.42 bits per heavy atom. The van der Waals surface area contributed by atoms with Crippen molar-refractivity contribution >= 4 is 11.6 Å². The number of amides is 1. The summed E-state index contributed by atoms with van der Waals surface area (Å²) in [6.45, 7) is 2.12. The maximum Gasteiger partial charge on any atom is 0.253 e. The second-order valence-corrected chi connectivity index (χ2v) is 4.86. The summed E-state index contributed by atoms with van der Waals surface area (Å²) < 4.78 is 5.53. The Morgan fingerprint density at radius 3 is 3.11 bits per heavy atom. The van der Waals surface area contributed by atoms with E-state index in [0.29, 0.717) is 12.8 Å². The van der Waals surface area contributed by atoms with E-state index in [-0.39, 0.29) is 24.7 Å². The van der Waals surface area contributed by atoms with Crippen molar-refractivity contribution in [1.82, 2.24) is 4.98 Å². The minimum atomic E-state index is -0.343. The highest BCUT2D eigenvalue weighted by Crippen LogP contribution is 2.20. The molecule has 0 aliphatic carbocycles. The zero-order valence-corrected chi connectivity index (χ0v) is 11.1. The summed E-state index contributed by atoms with van der Waals surface area (Å²) in [7, 11) is 0. The predicted octanol–water partition coefficient (Wildman–Crippen LogP) is 1.51. The van der Waals surface area contributed by atoms with E-state index in [4.69, 9.17) is 9.84 Å². The molecule has 1 aromatic rings. The highest BCUT2D eigenvalue weighted by molar-refractivity contribution is 5.94. The molecule has 2 atom stereocenters. The summed E-state index contributed by atoms with van der Waals surface area (Å²) in [6, 6.07) is 3.60. The quantitative estimate of drug-likeness (QED) is 0.845. The largest absolute Gasteiger partial charge is 0.396 e. The lowest BCUT2D eigenvalue weighted by molar-refractivity contribution is -0.126. The van der Waals surface area contributed by atoms with Gasteiger partial charge in [-0.25, -0.2) is 0 Å². The minimum absolute atomic E-state index is 0.0938. The van der Waals surface area contributed by atoms with Gasteiger partial charge in [-0.05, 0) is 44.7 Å². The third-order valence-electron chi connectivity index (χ3n) is 3.20. The first kappa shape index (κ1) is 14.0. The summed E-state index contributed by atoms with van der Waals surface area (Å²) in [4.78, 5) is 16.2. The van der Waals surface area contributed by atoms with E-state index < -0.39 is 0 Å². The first-order valence-corrected chi connectivity index (χ1v) is 6.71. The van der Waals surface area contributed by atoms with Gasteiger partial charge in [-0.1, -0.05) is 0 Å². The van der Waals surface area contributed by atoms with Crippen LogP contribution in [-0.4, -0.2) is 34.8 Å². The summed E-state index contributed by atoms with van der Waals surface area (Å²) in [5, 5.41) is 11.7. The molecule has 0 radical (unpaired) electrons. The predicted molar refractivity (Wildman–Crippen MR) is 71.8 cm³/mol. The summed E-state index contributed by atoms with van der Waals surface area (Å²) in [5.74, 6) is -0.0938. The molecule has 2 N–H and O–H groups in total. The van der Waals surface area contributed by atoms with Crippen molar-refractivity contribution in [3.8, 4) is 0 Å². The maximum absolute atomic E-state index is 12.0. The van der Waals surface area contributed by atoms with E-state index in [1.165, 1.54) is 0 Å². The molecular formula is C14H20N2O3. The van der Waals surface area contributed by atoms with Crippen LogP contribution in [0.25, 0.3) is 0 Å². The average molecular weight is 264 g/mol. The van der Waals surface area contributed by atoms with Gasteiger partial charge in [0.25, 0.3) is 5.91 Å². The number of aromatic nitrogens is 1. The molecular weight excluding hydrogens is 244 g/mol. The lowest BCUT2D eigenvalue weighted by atomic mass is 10.2. The Hall–Kier alpha value is -1.46. The van der Waals surface area contributed by atoms with Gasteiger partial charge in [0.2, 0.25) is 0 Å². The summed E-state index contributed by atoms with van der Waals surface area (Å²) >= 11 is 0. The number of rotatable bonds is 5. The highest BCUT2D eigenvalue weighted by Gasteiger charge is 2.28. The molecule has 1 saturated heterocycles. The lowest BCUT2D eigenvalue weighted by Crippen LogP contribution is -2.27. The molecule has 5 nitrogen and oxygen atoms in total. The number of nitrogens with one attached hydrogen (secondary N) is 1. The van der Waals surface area contributed by atoms with Crippen molar-refractivity contribution < 1.29 is 14.6 Å². The van der Waals surface area contributed by atoms with E-state index in [2.05, 4.69) is 10.3 Å².